The van der Waals surface area contributed by atoms with Crippen molar-refractivity contribution < 1.29 is 0 Å². The monoisotopic (exact) mass is 756 g/mol. The third-order valence-corrected chi connectivity index (χ3v) is 11.8. The lowest BCUT2D eigenvalue weighted by Crippen LogP contribution is -2.03. The van der Waals surface area contributed by atoms with E-state index in [1.54, 1.807) is 0 Å². The maximum Gasteiger partial charge on any atom is 0.0541 e. The third-order valence-electron chi connectivity index (χ3n) is 11.8. The van der Waals surface area contributed by atoms with E-state index in [2.05, 4.69) is 231 Å². The minimum Gasteiger partial charge on any atom is -0.309 e. The molecule has 0 saturated carbocycles. The van der Waals surface area contributed by atoms with E-state index in [0.717, 1.165) is 16.8 Å². The number of allylic oxidation sites excluding steroid dienone is 5. The molecular weight excluding hydrogens is 713 g/mol. The Morgan fingerprint density at radius 1 is 0.424 bits per heavy atom. The number of nitrogens with zero attached hydrogens (tertiary/aromatic N) is 2. The van der Waals surface area contributed by atoms with Gasteiger partial charge in [0.25, 0.3) is 0 Å². The number of aryl methyl sites for hydroxylation is 2. The van der Waals surface area contributed by atoms with Crippen LogP contribution in [0, 0.1) is 13.8 Å². The fourth-order valence-electron chi connectivity index (χ4n) is 9.04. The second-order valence-corrected chi connectivity index (χ2v) is 15.5. The molecule has 10 aromatic rings. The van der Waals surface area contributed by atoms with Gasteiger partial charge in [-0.1, -0.05) is 152 Å². The molecule has 0 spiro atoms. The lowest BCUT2D eigenvalue weighted by molar-refractivity contribution is 1.09. The molecule has 2 heterocycles. The van der Waals surface area contributed by atoms with Crippen molar-refractivity contribution in [3.63, 3.8) is 0 Å². The first-order valence-electron chi connectivity index (χ1n) is 20.4. The molecule has 0 aliphatic heterocycles. The minimum absolute atomic E-state index is 1.13. The summed E-state index contributed by atoms with van der Waals surface area (Å²) in [5, 5.41) is 4.92. The van der Waals surface area contributed by atoms with Crippen molar-refractivity contribution in [3.05, 3.63) is 223 Å². The Morgan fingerprint density at radius 3 is 1.20 bits per heavy atom. The predicted molar refractivity (Wildman–Crippen MR) is 254 cm³/mol. The first kappa shape index (κ1) is 36.0. The van der Waals surface area contributed by atoms with Crippen molar-refractivity contribution in [2.45, 2.75) is 20.8 Å². The average molecular weight is 757 g/mol. The highest BCUT2D eigenvalue weighted by molar-refractivity contribution is 6.13. The van der Waals surface area contributed by atoms with Gasteiger partial charge in [0, 0.05) is 21.5 Å². The van der Waals surface area contributed by atoms with Crippen molar-refractivity contribution in [2.24, 2.45) is 0 Å². The Hall–Kier alpha value is -7.42. The molecule has 0 radical (unpaired) electrons. The quantitative estimate of drug-likeness (QED) is 0.137. The van der Waals surface area contributed by atoms with Crippen LogP contribution in [0.5, 0.6) is 0 Å². The van der Waals surface area contributed by atoms with Crippen LogP contribution < -0.4 is 0 Å². The van der Waals surface area contributed by atoms with Crippen molar-refractivity contribution in [2.75, 3.05) is 0 Å². The second-order valence-electron chi connectivity index (χ2n) is 15.5. The molecule has 0 N–H and O–H groups in total. The van der Waals surface area contributed by atoms with E-state index >= 15 is 0 Å². The zero-order valence-corrected chi connectivity index (χ0v) is 33.7. The van der Waals surface area contributed by atoms with Crippen LogP contribution in [-0.2, 0) is 0 Å². The zero-order chi connectivity index (χ0) is 40.0. The summed E-state index contributed by atoms with van der Waals surface area (Å²) < 4.78 is 4.96. The van der Waals surface area contributed by atoms with Gasteiger partial charge in [-0.2, -0.15) is 0 Å². The number of hydrogen-bond donors (Lipinski definition) is 0. The summed E-state index contributed by atoms with van der Waals surface area (Å²) in [6.45, 7) is 10.6. The number of fused-ring (bicyclic) bond motifs is 6. The Balaban J connectivity index is 1.24. The number of benzene rings is 8. The van der Waals surface area contributed by atoms with Crippen LogP contribution in [0.1, 0.15) is 23.6 Å². The van der Waals surface area contributed by atoms with Gasteiger partial charge in [-0.05, 0) is 131 Å². The highest BCUT2D eigenvalue weighted by atomic mass is 15.0. The molecule has 8 aromatic carbocycles. The summed E-state index contributed by atoms with van der Waals surface area (Å²) >= 11 is 0. The van der Waals surface area contributed by atoms with Gasteiger partial charge in [-0.25, -0.2) is 0 Å². The SMILES string of the molecule is C=C/C=C(\C=C/C)c1ccc2c(c1)c1cc(-c3ccccc3)ccc1n2-c1cc(-n2c3ccc(-c4ccccc4)cc3c3cc(-c4ccccc4)ccc32)c(C)cc1C. The molecule has 0 atom stereocenters. The number of hydrogen-bond acceptors (Lipinski definition) is 0. The van der Waals surface area contributed by atoms with Crippen molar-refractivity contribution >= 4 is 49.2 Å². The van der Waals surface area contributed by atoms with Gasteiger partial charge in [0.2, 0.25) is 0 Å². The van der Waals surface area contributed by atoms with Crippen LogP contribution in [0.4, 0.5) is 0 Å². The molecule has 0 bridgehead atoms. The first-order chi connectivity index (χ1) is 29.0. The molecule has 2 heteroatoms. The maximum absolute atomic E-state index is 4.01. The van der Waals surface area contributed by atoms with Gasteiger partial charge in [0.15, 0.2) is 0 Å². The minimum atomic E-state index is 1.13. The molecule has 0 saturated heterocycles. The lowest BCUT2D eigenvalue weighted by Gasteiger charge is -2.18. The van der Waals surface area contributed by atoms with Crippen molar-refractivity contribution in [3.8, 4) is 44.8 Å². The molecule has 2 aromatic heterocycles. The van der Waals surface area contributed by atoms with Gasteiger partial charge in [-0.3, -0.25) is 0 Å². The molecular formula is C57H44N2. The molecule has 2 nitrogen and oxygen atoms in total. The lowest BCUT2D eigenvalue weighted by atomic mass is 10.00. The second kappa shape index (κ2) is 14.8. The van der Waals surface area contributed by atoms with E-state index in [1.807, 2.05) is 6.08 Å². The fraction of sp³-hybridized carbons (Fsp3) is 0.0526. The summed E-state index contributed by atoms with van der Waals surface area (Å²) in [5.74, 6) is 0. The highest BCUT2D eigenvalue weighted by Crippen LogP contribution is 2.41. The van der Waals surface area contributed by atoms with E-state index in [0.29, 0.717) is 0 Å². The molecule has 0 amide bonds. The van der Waals surface area contributed by atoms with Crippen LogP contribution >= 0.6 is 0 Å². The van der Waals surface area contributed by atoms with Crippen LogP contribution in [0.25, 0.3) is 93.9 Å². The summed E-state index contributed by atoms with van der Waals surface area (Å²) in [4.78, 5) is 0. The third kappa shape index (κ3) is 6.22. The van der Waals surface area contributed by atoms with Crippen LogP contribution in [0.15, 0.2) is 207 Å². The molecule has 0 fully saturated rings. The standard InChI is InChI=1S/C57H44N2/c1-5-16-40(17-6-2)44-24-28-52-48(33-44)49-34-45(41-18-10-7-11-19-41)25-29-53(49)58(52)56-37-57(39(4)32-38(56)3)59-54-30-26-46(42-20-12-8-13-21-42)35-50(54)51-36-47(27-31-55(51)59)43-22-14-9-15-23-43/h5-37H,1H2,2-4H3/b17-6-,40-16+. The molecule has 0 aliphatic carbocycles. The predicted octanol–water partition coefficient (Wildman–Crippen LogP) is 15.6. The summed E-state index contributed by atoms with van der Waals surface area (Å²) in [6, 6.07) is 64.6. The highest BCUT2D eigenvalue weighted by Gasteiger charge is 2.20. The van der Waals surface area contributed by atoms with E-state index in [4.69, 9.17) is 0 Å². The molecule has 59 heavy (non-hydrogen) atoms. The van der Waals surface area contributed by atoms with Crippen LogP contribution in [-0.4, -0.2) is 9.13 Å². The Bertz CT molecular complexity index is 3190. The van der Waals surface area contributed by atoms with Gasteiger partial charge >= 0.3 is 0 Å². The summed E-state index contributed by atoms with van der Waals surface area (Å²) in [5.41, 5.74) is 19.1. The fourth-order valence-corrected chi connectivity index (χ4v) is 9.04. The van der Waals surface area contributed by atoms with Gasteiger partial charge in [-0.15, -0.1) is 0 Å². The molecule has 282 valence electrons. The average Bonchev–Trinajstić information content (AvgIpc) is 3.78. The van der Waals surface area contributed by atoms with E-state index in [-0.39, 0.29) is 0 Å². The van der Waals surface area contributed by atoms with Crippen LogP contribution in [0.2, 0.25) is 0 Å². The van der Waals surface area contributed by atoms with E-state index < -0.39 is 0 Å². The van der Waals surface area contributed by atoms with Crippen molar-refractivity contribution in [1.29, 1.82) is 0 Å². The maximum atomic E-state index is 4.01. The number of aromatic nitrogens is 2. The van der Waals surface area contributed by atoms with Crippen molar-refractivity contribution in [1.82, 2.24) is 9.13 Å². The summed E-state index contributed by atoms with van der Waals surface area (Å²) in [7, 11) is 0. The Labute approximate surface area is 345 Å². The molecule has 0 unspecified atom stereocenters. The van der Waals surface area contributed by atoms with Gasteiger partial charge in [0.1, 0.15) is 0 Å². The summed E-state index contributed by atoms with van der Waals surface area (Å²) in [6.07, 6.45) is 8.20. The van der Waals surface area contributed by atoms with E-state index in [1.165, 1.54) is 93.8 Å². The van der Waals surface area contributed by atoms with Gasteiger partial charge < -0.3 is 9.13 Å². The molecule has 0 aliphatic rings. The largest absolute Gasteiger partial charge is 0.309 e. The zero-order valence-electron chi connectivity index (χ0n) is 33.7. The smallest absolute Gasteiger partial charge is 0.0541 e. The van der Waals surface area contributed by atoms with E-state index in [9.17, 15) is 0 Å². The first-order valence-corrected chi connectivity index (χ1v) is 20.4. The molecule has 10 rings (SSSR count). The van der Waals surface area contributed by atoms with Gasteiger partial charge in [0.05, 0.1) is 33.4 Å². The number of rotatable bonds is 8. The Kier molecular flexibility index (Phi) is 9.03. The van der Waals surface area contributed by atoms with Crippen LogP contribution in [0.3, 0.4) is 0 Å². The Morgan fingerprint density at radius 2 is 0.814 bits per heavy atom. The normalized spacial score (nSPS) is 12.1. The topological polar surface area (TPSA) is 9.86 Å².